The topological polar surface area (TPSA) is 30.9 Å². The van der Waals surface area contributed by atoms with Crippen molar-refractivity contribution >= 4 is 0 Å². The van der Waals surface area contributed by atoms with E-state index in [9.17, 15) is 4.39 Å². The standard InChI is InChI=1S/C15H20FNO3/c1-18-14-4-3-12(9-13(14)16)10-17-6-2-5-15(11-17)19-7-8-20-15/h3-4,9H,2,5-8,10-11H2,1H3. The van der Waals surface area contributed by atoms with Crippen LogP contribution in [0.5, 0.6) is 5.75 Å². The van der Waals surface area contributed by atoms with Gasteiger partial charge in [0.05, 0.1) is 26.9 Å². The summed E-state index contributed by atoms with van der Waals surface area (Å²) >= 11 is 0. The molecule has 0 aliphatic carbocycles. The van der Waals surface area contributed by atoms with Gasteiger partial charge in [0, 0.05) is 13.0 Å². The molecule has 2 heterocycles. The number of halogens is 1. The summed E-state index contributed by atoms with van der Waals surface area (Å²) < 4.78 is 30.1. The molecule has 2 aliphatic heterocycles. The van der Waals surface area contributed by atoms with Gasteiger partial charge in [-0.3, -0.25) is 4.90 Å². The summed E-state index contributed by atoms with van der Waals surface area (Å²) in [6.45, 7) is 3.79. The van der Waals surface area contributed by atoms with E-state index in [4.69, 9.17) is 14.2 Å². The molecule has 0 amide bonds. The van der Waals surface area contributed by atoms with E-state index in [0.717, 1.165) is 31.5 Å². The van der Waals surface area contributed by atoms with E-state index >= 15 is 0 Å². The Morgan fingerprint density at radius 3 is 2.85 bits per heavy atom. The van der Waals surface area contributed by atoms with Crippen molar-refractivity contribution in [3.63, 3.8) is 0 Å². The quantitative estimate of drug-likeness (QED) is 0.849. The number of likely N-dealkylation sites (tertiary alicyclic amines) is 1. The normalized spacial score (nSPS) is 22.3. The summed E-state index contributed by atoms with van der Waals surface area (Å²) in [5.41, 5.74) is 0.943. The van der Waals surface area contributed by atoms with Crippen molar-refractivity contribution in [2.24, 2.45) is 0 Å². The summed E-state index contributed by atoms with van der Waals surface area (Å²) in [6.07, 6.45) is 1.99. The van der Waals surface area contributed by atoms with Crippen LogP contribution in [0.3, 0.4) is 0 Å². The highest BCUT2D eigenvalue weighted by atomic mass is 19.1. The number of hydrogen-bond acceptors (Lipinski definition) is 4. The Kier molecular flexibility index (Phi) is 3.92. The van der Waals surface area contributed by atoms with Crippen molar-refractivity contribution in [1.82, 2.24) is 4.90 Å². The molecule has 3 rings (SSSR count). The largest absolute Gasteiger partial charge is 0.494 e. The summed E-state index contributed by atoms with van der Waals surface area (Å²) in [6, 6.07) is 5.11. The van der Waals surface area contributed by atoms with Gasteiger partial charge in [0.1, 0.15) is 0 Å². The Morgan fingerprint density at radius 1 is 1.35 bits per heavy atom. The molecule has 4 nitrogen and oxygen atoms in total. The maximum absolute atomic E-state index is 13.7. The van der Waals surface area contributed by atoms with Crippen molar-refractivity contribution in [3.8, 4) is 5.75 Å². The SMILES string of the molecule is COc1ccc(CN2CCCC3(C2)OCCO3)cc1F. The third-order valence-electron chi connectivity index (χ3n) is 3.93. The average molecular weight is 281 g/mol. The van der Waals surface area contributed by atoms with Crippen molar-refractivity contribution in [3.05, 3.63) is 29.6 Å². The van der Waals surface area contributed by atoms with Crippen molar-refractivity contribution in [2.75, 3.05) is 33.4 Å². The van der Waals surface area contributed by atoms with Gasteiger partial charge in [-0.2, -0.15) is 0 Å². The molecular weight excluding hydrogens is 261 g/mol. The number of benzene rings is 1. The van der Waals surface area contributed by atoms with Gasteiger partial charge in [-0.15, -0.1) is 0 Å². The lowest BCUT2D eigenvalue weighted by atomic mass is 10.0. The van der Waals surface area contributed by atoms with E-state index in [1.54, 1.807) is 6.07 Å². The highest BCUT2D eigenvalue weighted by molar-refractivity contribution is 5.29. The van der Waals surface area contributed by atoms with Gasteiger partial charge in [-0.25, -0.2) is 4.39 Å². The Bertz CT molecular complexity index is 474. The molecule has 5 heteroatoms. The fourth-order valence-corrected chi connectivity index (χ4v) is 3.00. The second kappa shape index (κ2) is 5.68. The van der Waals surface area contributed by atoms with Crippen LogP contribution in [0.4, 0.5) is 4.39 Å². The first kappa shape index (κ1) is 13.8. The lowest BCUT2D eigenvalue weighted by molar-refractivity contribution is -0.190. The van der Waals surface area contributed by atoms with E-state index < -0.39 is 5.79 Å². The molecule has 0 aromatic heterocycles. The van der Waals surface area contributed by atoms with Crippen LogP contribution in [-0.2, 0) is 16.0 Å². The predicted molar refractivity (Wildman–Crippen MR) is 72.1 cm³/mol. The third kappa shape index (κ3) is 2.80. The maximum Gasteiger partial charge on any atom is 0.181 e. The monoisotopic (exact) mass is 281 g/mol. The molecule has 0 saturated carbocycles. The summed E-state index contributed by atoms with van der Waals surface area (Å²) in [5.74, 6) is -0.458. The minimum atomic E-state index is -0.427. The van der Waals surface area contributed by atoms with Crippen LogP contribution >= 0.6 is 0 Å². The molecule has 0 atom stereocenters. The lowest BCUT2D eigenvalue weighted by Crippen LogP contribution is -2.48. The highest BCUT2D eigenvalue weighted by Gasteiger charge is 2.40. The minimum absolute atomic E-state index is 0.284. The third-order valence-corrected chi connectivity index (χ3v) is 3.93. The van der Waals surface area contributed by atoms with Gasteiger partial charge in [-0.05, 0) is 30.7 Å². The van der Waals surface area contributed by atoms with Crippen molar-refractivity contribution < 1.29 is 18.6 Å². The Balaban J connectivity index is 1.66. The highest BCUT2D eigenvalue weighted by Crippen LogP contribution is 2.31. The van der Waals surface area contributed by atoms with Gasteiger partial charge in [-0.1, -0.05) is 6.07 Å². The average Bonchev–Trinajstić information content (AvgIpc) is 2.87. The van der Waals surface area contributed by atoms with Crippen molar-refractivity contribution in [1.29, 1.82) is 0 Å². The molecule has 2 saturated heterocycles. The molecular formula is C15H20FNO3. The van der Waals surface area contributed by atoms with Crippen LogP contribution < -0.4 is 4.74 Å². The fourth-order valence-electron chi connectivity index (χ4n) is 3.00. The van der Waals surface area contributed by atoms with Gasteiger partial charge < -0.3 is 14.2 Å². The van der Waals surface area contributed by atoms with Crippen LogP contribution in [-0.4, -0.2) is 44.1 Å². The molecule has 110 valence electrons. The molecule has 0 bridgehead atoms. The molecule has 0 N–H and O–H groups in total. The summed E-state index contributed by atoms with van der Waals surface area (Å²) in [4.78, 5) is 2.26. The summed E-state index contributed by atoms with van der Waals surface area (Å²) in [5, 5.41) is 0. The molecule has 1 aromatic rings. The first-order valence-electron chi connectivity index (χ1n) is 7.03. The van der Waals surface area contributed by atoms with E-state index in [2.05, 4.69) is 4.90 Å². The van der Waals surface area contributed by atoms with Gasteiger partial charge in [0.2, 0.25) is 0 Å². The zero-order valence-corrected chi connectivity index (χ0v) is 11.7. The van der Waals surface area contributed by atoms with Gasteiger partial charge >= 0.3 is 0 Å². The van der Waals surface area contributed by atoms with E-state index in [0.29, 0.717) is 19.8 Å². The first-order chi connectivity index (χ1) is 9.71. The smallest absolute Gasteiger partial charge is 0.181 e. The number of methoxy groups -OCH3 is 1. The van der Waals surface area contributed by atoms with Gasteiger partial charge in [0.25, 0.3) is 0 Å². The summed E-state index contributed by atoms with van der Waals surface area (Å²) in [7, 11) is 1.47. The molecule has 0 radical (unpaired) electrons. The predicted octanol–water partition coefficient (Wildman–Crippen LogP) is 2.17. The number of nitrogens with zero attached hydrogens (tertiary/aromatic N) is 1. The second-order valence-electron chi connectivity index (χ2n) is 5.39. The fraction of sp³-hybridized carbons (Fsp3) is 0.600. The van der Waals surface area contributed by atoms with Crippen LogP contribution in [0.25, 0.3) is 0 Å². The number of rotatable bonds is 3. The lowest BCUT2D eigenvalue weighted by Gasteiger charge is -2.38. The molecule has 2 aliphatic rings. The Labute approximate surface area is 118 Å². The van der Waals surface area contributed by atoms with E-state index in [1.807, 2.05) is 6.07 Å². The molecule has 1 spiro atoms. The Hall–Kier alpha value is -1.17. The second-order valence-corrected chi connectivity index (χ2v) is 5.39. The zero-order valence-electron chi connectivity index (χ0n) is 11.7. The van der Waals surface area contributed by atoms with Crippen LogP contribution in [0.1, 0.15) is 18.4 Å². The zero-order chi connectivity index (χ0) is 14.0. The first-order valence-corrected chi connectivity index (χ1v) is 7.03. The van der Waals surface area contributed by atoms with Crippen LogP contribution in [0.2, 0.25) is 0 Å². The Morgan fingerprint density at radius 2 is 2.15 bits per heavy atom. The minimum Gasteiger partial charge on any atom is -0.494 e. The van der Waals surface area contributed by atoms with Gasteiger partial charge in [0.15, 0.2) is 17.4 Å². The molecule has 20 heavy (non-hydrogen) atoms. The molecule has 2 fully saturated rings. The van der Waals surface area contributed by atoms with Crippen LogP contribution in [0.15, 0.2) is 18.2 Å². The van der Waals surface area contributed by atoms with E-state index in [1.165, 1.54) is 13.2 Å². The number of hydrogen-bond donors (Lipinski definition) is 0. The van der Waals surface area contributed by atoms with Crippen LogP contribution in [0, 0.1) is 5.82 Å². The number of piperidine rings is 1. The molecule has 0 unspecified atom stereocenters. The maximum atomic E-state index is 13.7. The molecule has 1 aromatic carbocycles. The van der Waals surface area contributed by atoms with E-state index in [-0.39, 0.29) is 11.6 Å². The number of ether oxygens (including phenoxy) is 3. The van der Waals surface area contributed by atoms with Crippen molar-refractivity contribution in [2.45, 2.75) is 25.2 Å².